The Morgan fingerprint density at radius 1 is 1.29 bits per heavy atom. The van der Waals surface area contributed by atoms with E-state index in [4.69, 9.17) is 4.74 Å². The molecule has 0 N–H and O–H groups in total. The summed E-state index contributed by atoms with van der Waals surface area (Å²) in [5.41, 5.74) is 1.94. The van der Waals surface area contributed by atoms with E-state index < -0.39 is 0 Å². The van der Waals surface area contributed by atoms with Crippen molar-refractivity contribution in [2.75, 3.05) is 25.1 Å². The highest BCUT2D eigenvalue weighted by Gasteiger charge is 2.71. The first-order valence-electron chi connectivity index (χ1n) is 10.4. The zero-order valence-corrected chi connectivity index (χ0v) is 16.9. The maximum absolute atomic E-state index is 13.0. The Bertz CT molecular complexity index is 880. The third kappa shape index (κ3) is 1.96. The van der Waals surface area contributed by atoms with Crippen molar-refractivity contribution in [1.82, 2.24) is 4.90 Å². The lowest BCUT2D eigenvalue weighted by atomic mass is 9.50. The summed E-state index contributed by atoms with van der Waals surface area (Å²) in [6.07, 6.45) is 7.33. The molecule has 5 heteroatoms. The van der Waals surface area contributed by atoms with Gasteiger partial charge in [-0.25, -0.2) is 0 Å². The van der Waals surface area contributed by atoms with E-state index in [1.54, 1.807) is 6.92 Å². The Hall–Kier alpha value is -2.14. The molecule has 4 aliphatic rings. The number of fused-ring (bicyclic) bond motifs is 1. The van der Waals surface area contributed by atoms with Crippen LogP contribution in [0.15, 0.2) is 36.4 Å². The summed E-state index contributed by atoms with van der Waals surface area (Å²) in [6.45, 7) is 5.81. The topological polar surface area (TPSA) is 49.9 Å². The zero-order chi connectivity index (χ0) is 19.7. The summed E-state index contributed by atoms with van der Waals surface area (Å²) in [7, 11) is 1.47. The molecule has 1 aromatic carbocycles. The third-order valence-electron chi connectivity index (χ3n) is 7.95. The van der Waals surface area contributed by atoms with Crippen molar-refractivity contribution >= 4 is 17.6 Å². The van der Waals surface area contributed by atoms with Gasteiger partial charge in [0.25, 0.3) is 0 Å². The molecule has 0 bridgehead atoms. The van der Waals surface area contributed by atoms with Gasteiger partial charge in [-0.05, 0) is 37.4 Å². The molecule has 3 aliphatic heterocycles. The molecular weight excluding hydrogens is 352 g/mol. The highest BCUT2D eigenvalue weighted by molar-refractivity contribution is 5.97. The number of nitrogens with zero attached hydrogens (tertiary/aromatic N) is 2. The van der Waals surface area contributed by atoms with Crippen molar-refractivity contribution in [2.24, 2.45) is 11.3 Å². The largest absolute Gasteiger partial charge is 0.469 e. The average molecular weight is 380 g/mol. The summed E-state index contributed by atoms with van der Waals surface area (Å²) < 4.78 is 5.28. The normalized spacial score (nSPS) is 38.0. The van der Waals surface area contributed by atoms with Gasteiger partial charge in [0, 0.05) is 36.0 Å². The average Bonchev–Trinajstić information content (AvgIpc) is 3.25. The number of esters is 1. The second kappa shape index (κ2) is 5.93. The minimum atomic E-state index is -0.319. The van der Waals surface area contributed by atoms with Crippen LogP contribution in [-0.4, -0.2) is 49.1 Å². The highest BCUT2D eigenvalue weighted by atomic mass is 16.5. The van der Waals surface area contributed by atoms with Crippen LogP contribution in [0.2, 0.25) is 0 Å². The summed E-state index contributed by atoms with van der Waals surface area (Å²) in [5.74, 6) is -0.496. The molecule has 28 heavy (non-hydrogen) atoms. The van der Waals surface area contributed by atoms with E-state index in [1.807, 2.05) is 17.0 Å². The number of benzene rings is 1. The number of carbonyl (C=O) groups excluding carboxylic acids is 2. The maximum Gasteiger partial charge on any atom is 0.310 e. The van der Waals surface area contributed by atoms with E-state index >= 15 is 0 Å². The monoisotopic (exact) mass is 380 g/mol. The van der Waals surface area contributed by atoms with Crippen molar-refractivity contribution in [3.63, 3.8) is 0 Å². The number of para-hydroxylation sites is 1. The first-order valence-corrected chi connectivity index (χ1v) is 10.4. The van der Waals surface area contributed by atoms with Gasteiger partial charge in [0.15, 0.2) is 0 Å². The first-order chi connectivity index (χ1) is 13.5. The molecule has 1 aliphatic carbocycles. The number of hydrogen-bond acceptors (Lipinski definition) is 4. The fraction of sp³-hybridized carbons (Fsp3) is 0.565. The summed E-state index contributed by atoms with van der Waals surface area (Å²) in [5, 5.41) is 0. The molecule has 3 heterocycles. The van der Waals surface area contributed by atoms with E-state index in [-0.39, 0.29) is 34.7 Å². The number of anilines is 1. The Kier molecular flexibility index (Phi) is 3.80. The highest BCUT2D eigenvalue weighted by Crippen LogP contribution is 2.65. The molecule has 1 spiro atoms. The number of rotatable bonds is 2. The molecule has 5 nitrogen and oxygen atoms in total. The molecule has 148 valence electrons. The van der Waals surface area contributed by atoms with Gasteiger partial charge in [0.05, 0.1) is 19.1 Å². The number of ether oxygens (including phenoxy) is 1. The lowest BCUT2D eigenvalue weighted by Crippen LogP contribution is -2.68. The van der Waals surface area contributed by atoms with E-state index in [0.29, 0.717) is 6.04 Å². The van der Waals surface area contributed by atoms with E-state index in [0.717, 1.165) is 38.0 Å². The number of carbonyl (C=O) groups is 2. The lowest BCUT2D eigenvalue weighted by Gasteiger charge is -2.58. The SMILES string of the molecule is CC[C@]12C=CCN3CC[C@]4(c5ccccc5N(C(C)=O)[C@H]4[C@@H](C(=O)OC)C1)[C@@H]32. The Morgan fingerprint density at radius 3 is 2.79 bits per heavy atom. The van der Waals surface area contributed by atoms with Crippen LogP contribution in [0.4, 0.5) is 5.69 Å². The zero-order valence-electron chi connectivity index (χ0n) is 16.9. The van der Waals surface area contributed by atoms with Gasteiger partial charge < -0.3 is 9.64 Å². The molecule has 0 radical (unpaired) electrons. The van der Waals surface area contributed by atoms with Gasteiger partial charge >= 0.3 is 5.97 Å². The molecule has 1 amide bonds. The lowest BCUT2D eigenvalue weighted by molar-refractivity contribution is -0.152. The minimum Gasteiger partial charge on any atom is -0.469 e. The van der Waals surface area contributed by atoms with E-state index in [9.17, 15) is 9.59 Å². The first kappa shape index (κ1) is 17.9. The summed E-state index contributed by atoms with van der Waals surface area (Å²) in [6, 6.07) is 8.45. The van der Waals surface area contributed by atoms with Gasteiger partial charge in [-0.3, -0.25) is 14.5 Å². The Morgan fingerprint density at radius 2 is 2.07 bits per heavy atom. The maximum atomic E-state index is 13.0. The van der Waals surface area contributed by atoms with Crippen LogP contribution in [0, 0.1) is 11.3 Å². The Labute approximate surface area is 166 Å². The predicted molar refractivity (Wildman–Crippen MR) is 107 cm³/mol. The van der Waals surface area contributed by atoms with Crippen LogP contribution < -0.4 is 4.90 Å². The molecule has 1 saturated carbocycles. The van der Waals surface area contributed by atoms with E-state index in [2.05, 4.69) is 36.1 Å². The molecule has 1 saturated heterocycles. The summed E-state index contributed by atoms with van der Waals surface area (Å²) in [4.78, 5) is 30.4. The molecule has 5 atom stereocenters. The van der Waals surface area contributed by atoms with Crippen LogP contribution in [0.1, 0.15) is 38.7 Å². The van der Waals surface area contributed by atoms with Crippen molar-refractivity contribution in [3.05, 3.63) is 42.0 Å². The molecular formula is C23H28N2O3. The van der Waals surface area contributed by atoms with Gasteiger partial charge in [0.2, 0.25) is 5.91 Å². The molecule has 0 unspecified atom stereocenters. The van der Waals surface area contributed by atoms with Crippen molar-refractivity contribution in [3.8, 4) is 0 Å². The van der Waals surface area contributed by atoms with Crippen LogP contribution in [0.5, 0.6) is 0 Å². The quantitative estimate of drug-likeness (QED) is 0.585. The van der Waals surface area contributed by atoms with Gasteiger partial charge in [-0.2, -0.15) is 0 Å². The fourth-order valence-electron chi connectivity index (χ4n) is 7.14. The number of amides is 1. The number of hydrogen-bond donors (Lipinski definition) is 0. The van der Waals surface area contributed by atoms with Crippen LogP contribution in [0.3, 0.4) is 0 Å². The van der Waals surface area contributed by atoms with Crippen LogP contribution >= 0.6 is 0 Å². The molecule has 2 fully saturated rings. The Balaban J connectivity index is 1.81. The predicted octanol–water partition coefficient (Wildman–Crippen LogP) is 2.89. The van der Waals surface area contributed by atoms with Gasteiger partial charge in [-0.15, -0.1) is 0 Å². The fourth-order valence-corrected chi connectivity index (χ4v) is 7.14. The second-order valence-electron chi connectivity index (χ2n) is 8.86. The molecule has 5 rings (SSSR count). The van der Waals surface area contributed by atoms with Crippen molar-refractivity contribution < 1.29 is 14.3 Å². The number of methoxy groups -OCH3 is 1. The van der Waals surface area contributed by atoms with E-state index in [1.165, 1.54) is 12.7 Å². The summed E-state index contributed by atoms with van der Waals surface area (Å²) >= 11 is 0. The third-order valence-corrected chi connectivity index (χ3v) is 7.95. The smallest absolute Gasteiger partial charge is 0.310 e. The molecule has 1 aromatic rings. The van der Waals surface area contributed by atoms with Crippen LogP contribution in [-0.2, 0) is 19.7 Å². The van der Waals surface area contributed by atoms with Crippen molar-refractivity contribution in [1.29, 1.82) is 0 Å². The second-order valence-corrected chi connectivity index (χ2v) is 8.86. The molecule has 0 aromatic heterocycles. The van der Waals surface area contributed by atoms with Gasteiger partial charge in [-0.1, -0.05) is 37.3 Å². The van der Waals surface area contributed by atoms with Crippen LogP contribution in [0.25, 0.3) is 0 Å². The minimum absolute atomic E-state index is 0.0111. The van der Waals surface area contributed by atoms with Gasteiger partial charge in [0.1, 0.15) is 0 Å². The standard InChI is InChI=1S/C23H28N2O3/c1-4-22-10-7-12-24-13-11-23(21(22)24)17-8-5-6-9-18(17)25(15(2)26)19(23)16(14-22)20(27)28-3/h5-10,16,19,21H,4,11-14H2,1-3H3/t16-,19-,21-,22-,23+/m0/s1. The van der Waals surface area contributed by atoms with Crippen molar-refractivity contribution in [2.45, 2.75) is 50.6 Å².